The van der Waals surface area contributed by atoms with Gasteiger partial charge in [-0.1, -0.05) is 18.6 Å². The van der Waals surface area contributed by atoms with Crippen molar-refractivity contribution in [1.29, 1.82) is 0 Å². The van der Waals surface area contributed by atoms with Gasteiger partial charge in [0.1, 0.15) is 5.82 Å². The van der Waals surface area contributed by atoms with Crippen molar-refractivity contribution in [3.05, 3.63) is 74.8 Å². The Morgan fingerprint density at radius 1 is 1.00 bits per heavy atom. The Hall–Kier alpha value is -3.06. The SMILES string of the molecule is O=c1c2ccccc2nc(CN2CCCCC2)n1-c1ccc([N+](=O)[O-])cc1. The highest BCUT2D eigenvalue weighted by Gasteiger charge is 2.18. The van der Waals surface area contributed by atoms with Crippen LogP contribution in [0.15, 0.2) is 53.3 Å². The summed E-state index contributed by atoms with van der Waals surface area (Å²) in [7, 11) is 0. The zero-order valence-electron chi connectivity index (χ0n) is 14.9. The fraction of sp³-hybridized carbons (Fsp3) is 0.300. The maximum Gasteiger partial charge on any atom is 0.269 e. The number of benzene rings is 2. The fourth-order valence-corrected chi connectivity index (χ4v) is 3.59. The molecule has 4 rings (SSSR count). The number of nitro groups is 1. The highest BCUT2D eigenvalue weighted by molar-refractivity contribution is 5.77. The van der Waals surface area contributed by atoms with E-state index >= 15 is 0 Å². The van der Waals surface area contributed by atoms with E-state index in [0.717, 1.165) is 25.9 Å². The minimum Gasteiger partial charge on any atom is -0.296 e. The number of para-hydroxylation sites is 1. The lowest BCUT2D eigenvalue weighted by molar-refractivity contribution is -0.384. The van der Waals surface area contributed by atoms with E-state index in [1.165, 1.54) is 18.6 Å². The van der Waals surface area contributed by atoms with Crippen LogP contribution in [0, 0.1) is 10.1 Å². The number of fused-ring (bicyclic) bond motifs is 1. The van der Waals surface area contributed by atoms with Gasteiger partial charge in [0.15, 0.2) is 0 Å². The van der Waals surface area contributed by atoms with Crippen LogP contribution in [-0.4, -0.2) is 32.5 Å². The second kappa shape index (κ2) is 7.28. The van der Waals surface area contributed by atoms with Crippen molar-refractivity contribution in [3.63, 3.8) is 0 Å². The Balaban J connectivity index is 1.85. The number of aromatic nitrogens is 2. The Kier molecular flexibility index (Phi) is 4.68. The second-order valence-electron chi connectivity index (χ2n) is 6.80. The molecule has 0 radical (unpaired) electrons. The van der Waals surface area contributed by atoms with E-state index in [2.05, 4.69) is 4.90 Å². The average Bonchev–Trinajstić information content (AvgIpc) is 2.69. The van der Waals surface area contributed by atoms with E-state index in [-0.39, 0.29) is 11.2 Å². The zero-order valence-corrected chi connectivity index (χ0v) is 14.9. The molecule has 2 aromatic carbocycles. The fourth-order valence-electron chi connectivity index (χ4n) is 3.59. The van der Waals surface area contributed by atoms with Gasteiger partial charge in [-0.2, -0.15) is 0 Å². The third kappa shape index (κ3) is 3.46. The molecule has 0 saturated carbocycles. The quantitative estimate of drug-likeness (QED) is 0.524. The van der Waals surface area contributed by atoms with Crippen LogP contribution < -0.4 is 5.56 Å². The van der Waals surface area contributed by atoms with Crippen molar-refractivity contribution in [2.24, 2.45) is 0 Å². The maximum absolute atomic E-state index is 13.2. The summed E-state index contributed by atoms with van der Waals surface area (Å²) in [4.78, 5) is 30.7. The summed E-state index contributed by atoms with van der Waals surface area (Å²) in [5.74, 6) is 0.662. The highest BCUT2D eigenvalue weighted by atomic mass is 16.6. The van der Waals surface area contributed by atoms with Gasteiger partial charge in [0.25, 0.3) is 11.2 Å². The topological polar surface area (TPSA) is 81.3 Å². The number of hydrogen-bond acceptors (Lipinski definition) is 5. The highest BCUT2D eigenvalue weighted by Crippen LogP contribution is 2.19. The third-order valence-electron chi connectivity index (χ3n) is 4.98. The lowest BCUT2D eigenvalue weighted by Gasteiger charge is -2.27. The van der Waals surface area contributed by atoms with Gasteiger partial charge in [-0.15, -0.1) is 0 Å². The molecule has 1 saturated heterocycles. The monoisotopic (exact) mass is 364 g/mol. The zero-order chi connectivity index (χ0) is 18.8. The summed E-state index contributed by atoms with van der Waals surface area (Å²) >= 11 is 0. The molecule has 0 unspecified atom stereocenters. The smallest absolute Gasteiger partial charge is 0.269 e. The molecule has 0 bridgehead atoms. The van der Waals surface area contributed by atoms with E-state index in [9.17, 15) is 14.9 Å². The molecule has 0 spiro atoms. The van der Waals surface area contributed by atoms with E-state index in [0.29, 0.717) is 29.0 Å². The molecular weight excluding hydrogens is 344 g/mol. The van der Waals surface area contributed by atoms with E-state index < -0.39 is 4.92 Å². The van der Waals surface area contributed by atoms with Gasteiger partial charge in [0.2, 0.25) is 0 Å². The van der Waals surface area contributed by atoms with Gasteiger partial charge < -0.3 is 0 Å². The molecule has 3 aromatic rings. The van der Waals surface area contributed by atoms with Gasteiger partial charge in [-0.3, -0.25) is 24.4 Å². The van der Waals surface area contributed by atoms with E-state index in [4.69, 9.17) is 4.98 Å². The molecule has 0 amide bonds. The average molecular weight is 364 g/mol. The molecule has 1 aromatic heterocycles. The van der Waals surface area contributed by atoms with Gasteiger partial charge >= 0.3 is 0 Å². The van der Waals surface area contributed by atoms with Crippen LogP contribution in [0.4, 0.5) is 5.69 Å². The van der Waals surface area contributed by atoms with Crippen LogP contribution in [0.2, 0.25) is 0 Å². The van der Waals surface area contributed by atoms with Crippen LogP contribution in [0.1, 0.15) is 25.1 Å². The summed E-state index contributed by atoms with van der Waals surface area (Å²) in [6.07, 6.45) is 3.53. The van der Waals surface area contributed by atoms with Crippen LogP contribution in [-0.2, 0) is 6.54 Å². The first-order chi connectivity index (χ1) is 13.1. The molecular formula is C20H20N4O3. The molecule has 27 heavy (non-hydrogen) atoms. The molecule has 1 aliphatic rings. The van der Waals surface area contributed by atoms with Crippen molar-refractivity contribution in [3.8, 4) is 5.69 Å². The van der Waals surface area contributed by atoms with Crippen LogP contribution in [0.25, 0.3) is 16.6 Å². The van der Waals surface area contributed by atoms with Crippen molar-refractivity contribution in [2.45, 2.75) is 25.8 Å². The molecule has 138 valence electrons. The molecule has 7 nitrogen and oxygen atoms in total. The Labute approximate surface area is 156 Å². The summed E-state index contributed by atoms with van der Waals surface area (Å²) in [5, 5.41) is 11.5. The van der Waals surface area contributed by atoms with Gasteiger partial charge in [0, 0.05) is 12.1 Å². The number of nitro benzene ring substituents is 1. The minimum absolute atomic E-state index is 0.00173. The summed E-state index contributed by atoms with van der Waals surface area (Å²) in [6, 6.07) is 13.3. The summed E-state index contributed by atoms with van der Waals surface area (Å²) in [5.41, 5.74) is 1.11. The lowest BCUT2D eigenvalue weighted by atomic mass is 10.1. The van der Waals surface area contributed by atoms with Crippen molar-refractivity contribution in [2.75, 3.05) is 13.1 Å². The predicted octanol–water partition coefficient (Wildman–Crippen LogP) is 3.28. The van der Waals surface area contributed by atoms with Gasteiger partial charge in [0.05, 0.1) is 28.1 Å². The van der Waals surface area contributed by atoms with Crippen molar-refractivity contribution >= 4 is 16.6 Å². The number of piperidine rings is 1. The third-order valence-corrected chi connectivity index (χ3v) is 4.98. The predicted molar refractivity (Wildman–Crippen MR) is 103 cm³/mol. The Morgan fingerprint density at radius 2 is 1.70 bits per heavy atom. The van der Waals surface area contributed by atoms with Gasteiger partial charge in [-0.25, -0.2) is 4.98 Å². The summed E-state index contributed by atoms with van der Waals surface area (Å²) in [6.45, 7) is 2.56. The molecule has 1 fully saturated rings. The van der Waals surface area contributed by atoms with Crippen LogP contribution in [0.3, 0.4) is 0 Å². The minimum atomic E-state index is -0.445. The number of hydrogen-bond donors (Lipinski definition) is 0. The molecule has 0 atom stereocenters. The molecule has 0 N–H and O–H groups in total. The first-order valence-electron chi connectivity index (χ1n) is 9.11. The lowest BCUT2D eigenvalue weighted by Crippen LogP contribution is -2.33. The number of non-ortho nitro benzene ring substituents is 1. The molecule has 1 aliphatic heterocycles. The number of likely N-dealkylation sites (tertiary alicyclic amines) is 1. The molecule has 7 heteroatoms. The van der Waals surface area contributed by atoms with E-state index in [1.54, 1.807) is 22.8 Å². The first kappa shape index (κ1) is 17.4. The molecule has 0 aliphatic carbocycles. The Bertz CT molecular complexity index is 1040. The van der Waals surface area contributed by atoms with Gasteiger partial charge in [-0.05, 0) is 50.2 Å². The normalized spacial score (nSPS) is 15.1. The van der Waals surface area contributed by atoms with Crippen molar-refractivity contribution in [1.82, 2.24) is 14.5 Å². The van der Waals surface area contributed by atoms with Crippen LogP contribution >= 0.6 is 0 Å². The maximum atomic E-state index is 13.2. The second-order valence-corrected chi connectivity index (χ2v) is 6.80. The first-order valence-corrected chi connectivity index (χ1v) is 9.11. The summed E-state index contributed by atoms with van der Waals surface area (Å²) < 4.78 is 1.58. The standard InChI is InChI=1S/C20H20N4O3/c25-20-17-6-2-3-7-18(17)21-19(14-22-12-4-1-5-13-22)23(20)15-8-10-16(11-9-15)24(26)27/h2-3,6-11H,1,4-5,12-14H2. The number of rotatable bonds is 4. The Morgan fingerprint density at radius 3 is 2.41 bits per heavy atom. The largest absolute Gasteiger partial charge is 0.296 e. The van der Waals surface area contributed by atoms with Crippen LogP contribution in [0.5, 0.6) is 0 Å². The molecule has 2 heterocycles. The van der Waals surface area contributed by atoms with E-state index in [1.807, 2.05) is 18.2 Å². The van der Waals surface area contributed by atoms with Crippen molar-refractivity contribution < 1.29 is 4.92 Å². The number of nitrogens with zero attached hydrogens (tertiary/aromatic N) is 4.